The maximum absolute atomic E-state index is 13.2. The molecule has 5 rings (SSSR count). The minimum Gasteiger partial charge on any atom is -0.486 e. The van der Waals surface area contributed by atoms with E-state index in [1.54, 1.807) is 29.1 Å². The molecule has 2 aliphatic rings. The standard InChI is InChI=1S/C24H24N4O3/c1-24(2)14-16-5-3-6-17(21(16)31-24)23(30)27-18-7-4-12-28-20(29)13-19(26-22(18)28)15-8-10-25-11-9-15/h3,5-6,8-11,13,18H,4,7,12,14H2,1-2H3,(H,27,30). The highest BCUT2D eigenvalue weighted by molar-refractivity contribution is 5.97. The van der Waals surface area contributed by atoms with Gasteiger partial charge in [-0.3, -0.25) is 19.1 Å². The van der Waals surface area contributed by atoms with E-state index in [9.17, 15) is 9.59 Å². The lowest BCUT2D eigenvalue weighted by Crippen LogP contribution is -2.38. The fraction of sp³-hybridized carbons (Fsp3) is 0.333. The first-order valence-corrected chi connectivity index (χ1v) is 10.6. The SMILES string of the molecule is CC1(C)Cc2cccc(C(=O)NC3CCCn4c3nc(-c3ccncc3)cc4=O)c2O1. The van der Waals surface area contributed by atoms with Gasteiger partial charge in [-0.15, -0.1) is 0 Å². The monoisotopic (exact) mass is 416 g/mol. The van der Waals surface area contributed by atoms with Crippen molar-refractivity contribution >= 4 is 5.91 Å². The van der Waals surface area contributed by atoms with Gasteiger partial charge in [-0.25, -0.2) is 4.98 Å². The second kappa shape index (κ2) is 7.34. The molecular formula is C24H24N4O3. The summed E-state index contributed by atoms with van der Waals surface area (Å²) >= 11 is 0. The molecule has 31 heavy (non-hydrogen) atoms. The molecule has 0 bridgehead atoms. The Hall–Kier alpha value is -3.48. The lowest BCUT2D eigenvalue weighted by molar-refractivity contribution is 0.0913. The molecule has 1 atom stereocenters. The Morgan fingerprint density at radius 2 is 2.03 bits per heavy atom. The summed E-state index contributed by atoms with van der Waals surface area (Å²) in [5.41, 5.74) is 2.53. The number of pyridine rings is 1. The van der Waals surface area contributed by atoms with E-state index < -0.39 is 0 Å². The molecule has 3 aromatic rings. The van der Waals surface area contributed by atoms with Crippen LogP contribution in [0, 0.1) is 0 Å². The van der Waals surface area contributed by atoms with Crippen LogP contribution in [-0.2, 0) is 13.0 Å². The fourth-order valence-corrected chi connectivity index (χ4v) is 4.43. The number of nitrogens with zero attached hydrogens (tertiary/aromatic N) is 3. The predicted octanol–water partition coefficient (Wildman–Crippen LogP) is 3.28. The molecule has 4 heterocycles. The number of ether oxygens (including phenoxy) is 1. The lowest BCUT2D eigenvalue weighted by atomic mass is 10.00. The second-order valence-corrected chi connectivity index (χ2v) is 8.73. The third-order valence-corrected chi connectivity index (χ3v) is 5.84. The Morgan fingerprint density at radius 3 is 2.84 bits per heavy atom. The number of carbonyl (C=O) groups is 1. The van der Waals surface area contributed by atoms with Crippen LogP contribution < -0.4 is 15.6 Å². The summed E-state index contributed by atoms with van der Waals surface area (Å²) in [5, 5.41) is 3.10. The molecule has 0 saturated heterocycles. The molecule has 2 aliphatic heterocycles. The van der Waals surface area contributed by atoms with Crippen LogP contribution in [0.15, 0.2) is 53.6 Å². The third kappa shape index (κ3) is 3.60. The molecule has 7 nitrogen and oxygen atoms in total. The number of para-hydroxylation sites is 1. The first kappa shape index (κ1) is 19.5. The highest BCUT2D eigenvalue weighted by atomic mass is 16.5. The van der Waals surface area contributed by atoms with Crippen LogP contribution in [0.1, 0.15) is 54.5 Å². The van der Waals surface area contributed by atoms with E-state index in [0.29, 0.717) is 29.4 Å². The number of carbonyl (C=O) groups excluding carboxylic acids is 1. The summed E-state index contributed by atoms with van der Waals surface area (Å²) in [4.78, 5) is 34.8. The Kier molecular flexibility index (Phi) is 4.61. The van der Waals surface area contributed by atoms with Crippen molar-refractivity contribution in [2.75, 3.05) is 0 Å². The molecule has 0 spiro atoms. The van der Waals surface area contributed by atoms with E-state index in [0.717, 1.165) is 30.4 Å². The van der Waals surface area contributed by atoms with E-state index in [1.807, 2.05) is 38.1 Å². The number of hydrogen-bond donors (Lipinski definition) is 1. The molecule has 1 amide bonds. The lowest BCUT2D eigenvalue weighted by Gasteiger charge is -2.27. The Morgan fingerprint density at radius 1 is 1.23 bits per heavy atom. The van der Waals surface area contributed by atoms with E-state index in [4.69, 9.17) is 9.72 Å². The normalized spacial score (nSPS) is 18.6. The molecule has 1 N–H and O–H groups in total. The van der Waals surface area contributed by atoms with Crippen LogP contribution in [0.3, 0.4) is 0 Å². The molecule has 158 valence electrons. The third-order valence-electron chi connectivity index (χ3n) is 5.84. The molecular weight excluding hydrogens is 392 g/mol. The van der Waals surface area contributed by atoms with Crippen molar-refractivity contribution < 1.29 is 9.53 Å². The summed E-state index contributed by atoms with van der Waals surface area (Å²) in [5.74, 6) is 1.03. The molecule has 1 aromatic carbocycles. The number of benzene rings is 1. The minimum absolute atomic E-state index is 0.110. The average molecular weight is 416 g/mol. The smallest absolute Gasteiger partial charge is 0.255 e. The van der Waals surface area contributed by atoms with Crippen LogP contribution in [0.2, 0.25) is 0 Å². The highest BCUT2D eigenvalue weighted by Gasteiger charge is 2.34. The van der Waals surface area contributed by atoms with E-state index >= 15 is 0 Å². The van der Waals surface area contributed by atoms with Gasteiger partial charge >= 0.3 is 0 Å². The summed E-state index contributed by atoms with van der Waals surface area (Å²) in [6.07, 6.45) is 5.63. The first-order chi connectivity index (χ1) is 14.9. The summed E-state index contributed by atoms with van der Waals surface area (Å²) in [7, 11) is 0. The molecule has 1 unspecified atom stereocenters. The number of fused-ring (bicyclic) bond motifs is 2. The minimum atomic E-state index is -0.346. The maximum atomic E-state index is 13.2. The zero-order valence-electron chi connectivity index (χ0n) is 17.6. The molecule has 0 aliphatic carbocycles. The molecule has 7 heteroatoms. The summed E-state index contributed by atoms with van der Waals surface area (Å²) < 4.78 is 7.72. The van der Waals surface area contributed by atoms with Crippen molar-refractivity contribution in [3.8, 4) is 17.0 Å². The van der Waals surface area contributed by atoms with Gasteiger partial charge in [-0.1, -0.05) is 12.1 Å². The number of aromatic nitrogens is 3. The number of amides is 1. The first-order valence-electron chi connectivity index (χ1n) is 10.6. The van der Waals surface area contributed by atoms with Gasteiger partial charge in [0.05, 0.1) is 17.3 Å². The highest BCUT2D eigenvalue weighted by Crippen LogP contribution is 2.38. The van der Waals surface area contributed by atoms with E-state index in [2.05, 4.69) is 10.3 Å². The van der Waals surface area contributed by atoms with Crippen molar-refractivity contribution in [3.05, 3.63) is 76.1 Å². The van der Waals surface area contributed by atoms with Crippen LogP contribution >= 0.6 is 0 Å². The Balaban J connectivity index is 1.48. The van der Waals surface area contributed by atoms with Gasteiger partial charge in [0.15, 0.2) is 0 Å². The van der Waals surface area contributed by atoms with Crippen molar-refractivity contribution in [2.45, 2.75) is 51.3 Å². The van der Waals surface area contributed by atoms with Crippen molar-refractivity contribution in [2.24, 2.45) is 0 Å². The van der Waals surface area contributed by atoms with Crippen molar-refractivity contribution in [1.82, 2.24) is 19.9 Å². The number of rotatable bonds is 3. The van der Waals surface area contributed by atoms with Gasteiger partial charge in [0.25, 0.3) is 11.5 Å². The van der Waals surface area contributed by atoms with Gasteiger partial charge < -0.3 is 10.1 Å². The number of hydrogen-bond acceptors (Lipinski definition) is 5. The predicted molar refractivity (Wildman–Crippen MR) is 116 cm³/mol. The summed E-state index contributed by atoms with van der Waals surface area (Å²) in [6.45, 7) is 4.63. The van der Waals surface area contributed by atoms with E-state index in [-0.39, 0.29) is 23.1 Å². The molecule has 0 fully saturated rings. The second-order valence-electron chi connectivity index (χ2n) is 8.73. The van der Waals surface area contributed by atoms with Gasteiger partial charge in [-0.2, -0.15) is 0 Å². The van der Waals surface area contributed by atoms with Crippen molar-refractivity contribution in [1.29, 1.82) is 0 Å². The summed E-state index contributed by atoms with van der Waals surface area (Å²) in [6, 6.07) is 10.5. The quantitative estimate of drug-likeness (QED) is 0.708. The van der Waals surface area contributed by atoms with Gasteiger partial charge in [-0.05, 0) is 50.5 Å². The Labute approximate surface area is 180 Å². The Bertz CT molecular complexity index is 1220. The van der Waals surface area contributed by atoms with Crippen LogP contribution in [0.4, 0.5) is 0 Å². The van der Waals surface area contributed by atoms with Crippen LogP contribution in [0.25, 0.3) is 11.3 Å². The average Bonchev–Trinajstić information content (AvgIpc) is 3.08. The number of nitrogens with one attached hydrogen (secondary N) is 1. The van der Waals surface area contributed by atoms with Crippen molar-refractivity contribution in [3.63, 3.8) is 0 Å². The van der Waals surface area contributed by atoms with Gasteiger partial charge in [0.2, 0.25) is 0 Å². The molecule has 0 saturated carbocycles. The zero-order valence-corrected chi connectivity index (χ0v) is 17.6. The largest absolute Gasteiger partial charge is 0.486 e. The topological polar surface area (TPSA) is 86.1 Å². The maximum Gasteiger partial charge on any atom is 0.255 e. The molecule has 2 aromatic heterocycles. The van der Waals surface area contributed by atoms with Gasteiger partial charge in [0.1, 0.15) is 17.2 Å². The van der Waals surface area contributed by atoms with Crippen LogP contribution in [0.5, 0.6) is 5.75 Å². The fourth-order valence-electron chi connectivity index (χ4n) is 4.43. The van der Waals surface area contributed by atoms with Crippen LogP contribution in [-0.4, -0.2) is 26.0 Å². The zero-order chi connectivity index (χ0) is 21.6. The van der Waals surface area contributed by atoms with Gasteiger partial charge in [0, 0.05) is 37.0 Å². The molecule has 0 radical (unpaired) electrons. The van der Waals surface area contributed by atoms with E-state index in [1.165, 1.54) is 0 Å².